The van der Waals surface area contributed by atoms with E-state index in [2.05, 4.69) is 4.90 Å². The van der Waals surface area contributed by atoms with Gasteiger partial charge in [0.2, 0.25) is 0 Å². The number of aliphatic hydroxyl groups is 2. The molecule has 3 nitrogen and oxygen atoms in total. The van der Waals surface area contributed by atoms with Crippen molar-refractivity contribution in [3.8, 4) is 0 Å². The Morgan fingerprint density at radius 2 is 2.26 bits per heavy atom. The van der Waals surface area contributed by atoms with Crippen LogP contribution in [-0.2, 0) is 0 Å². The summed E-state index contributed by atoms with van der Waals surface area (Å²) >= 11 is 0. The van der Waals surface area contributed by atoms with Gasteiger partial charge in [0.15, 0.2) is 0 Å². The molecule has 0 aromatic heterocycles. The third kappa shape index (κ3) is 3.07. The molecular formula is C15H22FNO2. The number of anilines is 1. The maximum atomic E-state index is 13.9. The number of benzene rings is 1. The number of aliphatic hydroxyl groups excluding tert-OH is 2. The van der Waals surface area contributed by atoms with Crippen molar-refractivity contribution in [3.05, 3.63) is 29.6 Å². The van der Waals surface area contributed by atoms with Crippen LogP contribution in [0, 0.1) is 5.82 Å². The zero-order chi connectivity index (χ0) is 13.8. The molecule has 0 radical (unpaired) electrons. The maximum absolute atomic E-state index is 13.9. The highest BCUT2D eigenvalue weighted by atomic mass is 19.1. The van der Waals surface area contributed by atoms with E-state index < -0.39 is 6.10 Å². The topological polar surface area (TPSA) is 43.7 Å². The summed E-state index contributed by atoms with van der Waals surface area (Å²) in [6, 6.07) is 5.30. The van der Waals surface area contributed by atoms with Gasteiger partial charge in [-0.1, -0.05) is 6.07 Å². The Morgan fingerprint density at radius 3 is 2.95 bits per heavy atom. The number of rotatable bonds is 5. The zero-order valence-electron chi connectivity index (χ0n) is 11.3. The fourth-order valence-electron chi connectivity index (χ4n) is 2.97. The normalized spacial score (nSPS) is 20.8. The minimum absolute atomic E-state index is 0.191. The van der Waals surface area contributed by atoms with E-state index in [1.807, 2.05) is 6.07 Å². The highest BCUT2D eigenvalue weighted by Crippen LogP contribution is 2.34. The van der Waals surface area contributed by atoms with Crippen molar-refractivity contribution < 1.29 is 14.6 Å². The van der Waals surface area contributed by atoms with E-state index in [0.717, 1.165) is 37.9 Å². The first-order chi connectivity index (χ1) is 9.15. The second-order valence-electron chi connectivity index (χ2n) is 5.20. The molecule has 1 saturated heterocycles. The van der Waals surface area contributed by atoms with E-state index in [9.17, 15) is 9.50 Å². The Kier molecular flexibility index (Phi) is 4.77. The third-order valence-electron chi connectivity index (χ3n) is 3.83. The molecule has 0 amide bonds. The van der Waals surface area contributed by atoms with E-state index in [4.69, 9.17) is 5.11 Å². The summed E-state index contributed by atoms with van der Waals surface area (Å²) in [6.07, 6.45) is 3.00. The smallest absolute Gasteiger partial charge is 0.131 e. The van der Waals surface area contributed by atoms with Gasteiger partial charge in [-0.05, 0) is 44.7 Å². The molecule has 2 N–H and O–H groups in total. The largest absolute Gasteiger partial charge is 0.396 e. The predicted octanol–water partition coefficient (Wildman–Crippen LogP) is 2.62. The second-order valence-corrected chi connectivity index (χ2v) is 5.20. The molecule has 1 aromatic carbocycles. The summed E-state index contributed by atoms with van der Waals surface area (Å²) in [5.74, 6) is -0.347. The summed E-state index contributed by atoms with van der Waals surface area (Å²) in [6.45, 7) is 2.68. The van der Waals surface area contributed by atoms with Crippen molar-refractivity contribution >= 4 is 5.69 Å². The van der Waals surface area contributed by atoms with E-state index in [1.54, 1.807) is 13.0 Å². The Bertz CT molecular complexity index is 423. The molecule has 1 unspecified atom stereocenters. The highest BCUT2D eigenvalue weighted by Gasteiger charge is 2.27. The van der Waals surface area contributed by atoms with Gasteiger partial charge in [-0.15, -0.1) is 0 Å². The third-order valence-corrected chi connectivity index (χ3v) is 3.83. The summed E-state index contributed by atoms with van der Waals surface area (Å²) in [4.78, 5) is 2.18. The SMILES string of the molecule is C[C@@H](O)c1c(F)cccc1N1CCCC1CCCO. The van der Waals surface area contributed by atoms with Crippen LogP contribution in [0.1, 0.15) is 44.3 Å². The van der Waals surface area contributed by atoms with Gasteiger partial charge in [-0.3, -0.25) is 0 Å². The molecule has 1 heterocycles. The lowest BCUT2D eigenvalue weighted by molar-refractivity contribution is 0.194. The predicted molar refractivity (Wildman–Crippen MR) is 73.7 cm³/mol. The van der Waals surface area contributed by atoms with Gasteiger partial charge in [-0.25, -0.2) is 4.39 Å². The van der Waals surface area contributed by atoms with Crippen LogP contribution in [0.3, 0.4) is 0 Å². The molecule has 4 heteroatoms. The molecular weight excluding hydrogens is 245 g/mol. The standard InChI is InChI=1S/C15H22FNO2/c1-11(19)15-13(16)7-2-8-14(15)17-9-3-5-12(17)6-4-10-18/h2,7-8,11-12,18-19H,3-6,9-10H2,1H3/t11-,12?/m1/s1. The summed E-state index contributed by atoms with van der Waals surface area (Å²) in [5.41, 5.74) is 1.19. The van der Waals surface area contributed by atoms with Crippen LogP contribution in [0.2, 0.25) is 0 Å². The maximum Gasteiger partial charge on any atom is 0.131 e. The monoisotopic (exact) mass is 267 g/mol. The molecule has 1 aromatic rings. The van der Waals surface area contributed by atoms with Crippen LogP contribution >= 0.6 is 0 Å². The quantitative estimate of drug-likeness (QED) is 0.862. The number of nitrogens with zero attached hydrogens (tertiary/aromatic N) is 1. The van der Waals surface area contributed by atoms with Gasteiger partial charge in [-0.2, -0.15) is 0 Å². The minimum atomic E-state index is -0.810. The molecule has 1 aliphatic rings. The molecule has 0 spiro atoms. The first-order valence-electron chi connectivity index (χ1n) is 6.99. The molecule has 0 saturated carbocycles. The first kappa shape index (κ1) is 14.3. The van der Waals surface area contributed by atoms with E-state index in [0.29, 0.717) is 11.6 Å². The first-order valence-corrected chi connectivity index (χ1v) is 6.99. The molecule has 106 valence electrons. The van der Waals surface area contributed by atoms with Gasteiger partial charge in [0, 0.05) is 30.4 Å². The lowest BCUT2D eigenvalue weighted by Crippen LogP contribution is -2.30. The van der Waals surface area contributed by atoms with E-state index >= 15 is 0 Å². The van der Waals surface area contributed by atoms with E-state index in [1.165, 1.54) is 6.07 Å². The van der Waals surface area contributed by atoms with Gasteiger partial charge < -0.3 is 15.1 Å². The van der Waals surface area contributed by atoms with Crippen molar-refractivity contribution in [3.63, 3.8) is 0 Å². The van der Waals surface area contributed by atoms with Gasteiger partial charge >= 0.3 is 0 Å². The molecule has 1 aliphatic heterocycles. The average Bonchev–Trinajstić information content (AvgIpc) is 2.83. The molecule has 0 bridgehead atoms. The second kappa shape index (κ2) is 6.35. The zero-order valence-corrected chi connectivity index (χ0v) is 11.3. The Hall–Kier alpha value is -1.13. The Labute approximate surface area is 113 Å². The van der Waals surface area contributed by atoms with Crippen LogP contribution in [0.25, 0.3) is 0 Å². The number of hydrogen-bond donors (Lipinski definition) is 2. The summed E-state index contributed by atoms with van der Waals surface area (Å²) in [7, 11) is 0. The molecule has 2 atom stereocenters. The fourth-order valence-corrected chi connectivity index (χ4v) is 2.97. The highest BCUT2D eigenvalue weighted by molar-refractivity contribution is 5.56. The van der Waals surface area contributed by atoms with Crippen molar-refractivity contribution in [1.29, 1.82) is 0 Å². The van der Waals surface area contributed by atoms with Crippen LogP contribution in [-0.4, -0.2) is 29.4 Å². The molecule has 19 heavy (non-hydrogen) atoms. The van der Waals surface area contributed by atoms with Gasteiger partial charge in [0.05, 0.1) is 6.10 Å². The summed E-state index contributed by atoms with van der Waals surface area (Å²) in [5, 5.41) is 18.8. The molecule has 0 aliphatic carbocycles. The number of hydrogen-bond acceptors (Lipinski definition) is 3. The fraction of sp³-hybridized carbons (Fsp3) is 0.600. The van der Waals surface area contributed by atoms with E-state index in [-0.39, 0.29) is 12.4 Å². The van der Waals surface area contributed by atoms with Crippen molar-refractivity contribution in [2.24, 2.45) is 0 Å². The molecule has 2 rings (SSSR count). The van der Waals surface area contributed by atoms with Gasteiger partial charge in [0.1, 0.15) is 5.82 Å². The van der Waals surface area contributed by atoms with Crippen molar-refractivity contribution in [2.45, 2.75) is 44.8 Å². The summed E-state index contributed by atoms with van der Waals surface area (Å²) < 4.78 is 13.9. The number of halogens is 1. The Balaban J connectivity index is 2.27. The lowest BCUT2D eigenvalue weighted by Gasteiger charge is -2.29. The lowest BCUT2D eigenvalue weighted by atomic mass is 10.0. The van der Waals surface area contributed by atoms with Crippen LogP contribution in [0.4, 0.5) is 10.1 Å². The molecule has 1 fully saturated rings. The Morgan fingerprint density at radius 1 is 1.47 bits per heavy atom. The minimum Gasteiger partial charge on any atom is -0.396 e. The van der Waals surface area contributed by atoms with Crippen molar-refractivity contribution in [2.75, 3.05) is 18.1 Å². The van der Waals surface area contributed by atoms with Crippen molar-refractivity contribution in [1.82, 2.24) is 0 Å². The van der Waals surface area contributed by atoms with Crippen LogP contribution in [0.5, 0.6) is 0 Å². The van der Waals surface area contributed by atoms with Crippen LogP contribution in [0.15, 0.2) is 18.2 Å². The van der Waals surface area contributed by atoms with Crippen LogP contribution < -0.4 is 4.90 Å². The average molecular weight is 267 g/mol. The van der Waals surface area contributed by atoms with Gasteiger partial charge in [0.25, 0.3) is 0 Å².